The molecule has 1 fully saturated rings. The highest BCUT2D eigenvalue weighted by molar-refractivity contribution is 7.99. The van der Waals surface area contributed by atoms with Crippen LogP contribution in [0.4, 0.5) is 37.7 Å². The quantitative estimate of drug-likeness (QED) is 0.0389. The Morgan fingerprint density at radius 2 is 1.45 bits per heavy atom. The number of carbonyl (C=O) groups excluding carboxylic acids is 1. The van der Waals surface area contributed by atoms with Crippen LogP contribution in [-0.2, 0) is 30.5 Å². The second-order valence-electron chi connectivity index (χ2n) is 19.7. The number of sulfone groups is 1. The minimum atomic E-state index is -6.13. The lowest BCUT2D eigenvalue weighted by Gasteiger charge is -2.36. The third-order valence-corrected chi connectivity index (χ3v) is 22.1. The largest absolute Gasteiger partial charge is 0.501 e. The third-order valence-electron chi connectivity index (χ3n) is 13.5. The topological polar surface area (TPSA) is 145 Å². The maximum absolute atomic E-state index is 14.3. The van der Waals surface area contributed by atoms with E-state index >= 15 is 0 Å². The number of thioether (sulfide) groups is 1. The monoisotopic (exact) mass is 1090 g/mol. The van der Waals surface area contributed by atoms with Crippen LogP contribution in [0.2, 0.25) is 18.1 Å². The van der Waals surface area contributed by atoms with Gasteiger partial charge in [-0.1, -0.05) is 75.4 Å². The Morgan fingerprint density at radius 1 is 0.836 bits per heavy atom. The van der Waals surface area contributed by atoms with E-state index in [0.29, 0.717) is 86.2 Å². The Bertz CT molecular complexity index is 2880. The first kappa shape index (κ1) is 57.4. The molecule has 73 heavy (non-hydrogen) atoms. The number of aliphatic hydroxyl groups excluding tert-OH is 1. The molecule has 0 radical (unpaired) electrons. The molecule has 1 amide bonds. The molecule has 0 spiro atoms. The number of aliphatic hydroxyl groups is 1. The zero-order valence-corrected chi connectivity index (χ0v) is 44.9. The molecule has 1 heterocycles. The van der Waals surface area contributed by atoms with E-state index < -0.39 is 79.0 Å². The molecule has 5 aromatic rings. The van der Waals surface area contributed by atoms with Crippen molar-refractivity contribution in [1.82, 2.24) is 9.62 Å². The Labute approximate surface area is 429 Å². The number of halogens is 6. The molecular formula is C52H62F6N4O7S3Si. The van der Waals surface area contributed by atoms with Gasteiger partial charge in [-0.2, -0.15) is 26.3 Å². The van der Waals surface area contributed by atoms with E-state index in [1.807, 2.05) is 51.9 Å². The number of nitrogens with one attached hydrogen (secondary N) is 2. The fourth-order valence-corrected chi connectivity index (χ4v) is 12.1. The Kier molecular flexibility index (Phi) is 18.3. The van der Waals surface area contributed by atoms with Gasteiger partial charge in [0.25, 0.3) is 25.8 Å². The summed E-state index contributed by atoms with van der Waals surface area (Å²) in [6.07, 6.45) is -3.94. The summed E-state index contributed by atoms with van der Waals surface area (Å²) in [5, 5.41) is 14.5. The van der Waals surface area contributed by atoms with Crippen molar-refractivity contribution in [2.45, 2.75) is 96.7 Å². The molecule has 0 unspecified atom stereocenters. The van der Waals surface area contributed by atoms with Crippen molar-refractivity contribution < 1.29 is 57.5 Å². The molecule has 6 rings (SSSR count). The van der Waals surface area contributed by atoms with E-state index in [4.69, 9.17) is 4.43 Å². The van der Waals surface area contributed by atoms with Gasteiger partial charge in [-0.15, -0.1) is 11.8 Å². The summed E-state index contributed by atoms with van der Waals surface area (Å²) < 4.78 is 144. The van der Waals surface area contributed by atoms with Crippen molar-refractivity contribution in [3.63, 3.8) is 0 Å². The van der Waals surface area contributed by atoms with Crippen LogP contribution in [0.1, 0.15) is 67.6 Å². The van der Waals surface area contributed by atoms with E-state index in [9.17, 15) is 53.1 Å². The predicted octanol–water partition coefficient (Wildman–Crippen LogP) is 11.7. The fourth-order valence-electron chi connectivity index (χ4n) is 8.08. The number of hydrogen-bond acceptors (Lipinski definition) is 11. The second kappa shape index (κ2) is 23.3. The Balaban J connectivity index is 1.12. The highest BCUT2D eigenvalue weighted by atomic mass is 32.2. The zero-order valence-electron chi connectivity index (χ0n) is 41.4. The normalized spacial score (nSPS) is 15.3. The van der Waals surface area contributed by atoms with Crippen LogP contribution >= 0.6 is 11.8 Å². The number of amides is 1. The average molecular weight is 1090 g/mol. The van der Waals surface area contributed by atoms with E-state index in [-0.39, 0.29) is 16.5 Å². The van der Waals surface area contributed by atoms with Crippen molar-refractivity contribution >= 4 is 57.2 Å². The predicted molar refractivity (Wildman–Crippen MR) is 277 cm³/mol. The van der Waals surface area contributed by atoms with Crippen LogP contribution in [0.25, 0.3) is 11.1 Å². The van der Waals surface area contributed by atoms with E-state index in [2.05, 4.69) is 39.2 Å². The van der Waals surface area contributed by atoms with Crippen molar-refractivity contribution in [3.8, 4) is 11.1 Å². The van der Waals surface area contributed by atoms with Gasteiger partial charge in [-0.25, -0.2) is 21.6 Å². The van der Waals surface area contributed by atoms with Crippen LogP contribution in [0.5, 0.6) is 0 Å². The molecule has 0 bridgehead atoms. The molecule has 2 atom stereocenters. The molecule has 396 valence electrons. The van der Waals surface area contributed by atoms with Crippen LogP contribution < -0.4 is 14.9 Å². The maximum Gasteiger partial charge on any atom is 0.501 e. The van der Waals surface area contributed by atoms with Crippen molar-refractivity contribution in [2.24, 2.45) is 5.92 Å². The lowest BCUT2D eigenvalue weighted by Crippen LogP contribution is -2.42. The molecule has 1 aliphatic rings. The molecule has 0 aromatic heterocycles. The molecule has 0 aliphatic carbocycles. The molecule has 1 saturated heterocycles. The van der Waals surface area contributed by atoms with Gasteiger partial charge in [0, 0.05) is 54.2 Å². The summed E-state index contributed by atoms with van der Waals surface area (Å²) in [7, 11) is -11.2. The number of likely N-dealkylation sites (N-methyl/N-ethyl adjacent to an activating group) is 1. The number of nitrogens with zero attached hydrogens (tertiary/aromatic N) is 2. The van der Waals surface area contributed by atoms with Crippen molar-refractivity contribution in [1.29, 1.82) is 0 Å². The van der Waals surface area contributed by atoms with Crippen LogP contribution in [0.3, 0.4) is 0 Å². The summed E-state index contributed by atoms with van der Waals surface area (Å²) in [6.45, 7) is 13.2. The summed E-state index contributed by atoms with van der Waals surface area (Å²) >= 11 is 1.41. The second-order valence-corrected chi connectivity index (χ2v) is 29.2. The molecule has 0 saturated carbocycles. The van der Waals surface area contributed by atoms with Crippen LogP contribution in [0.15, 0.2) is 136 Å². The summed E-state index contributed by atoms with van der Waals surface area (Å²) in [6, 6.07) is 28.7. The minimum Gasteiger partial charge on any atom is -0.416 e. The number of rotatable bonds is 20. The first-order valence-corrected chi connectivity index (χ1v) is 30.5. The number of alkyl halides is 6. The van der Waals surface area contributed by atoms with Gasteiger partial charge < -0.3 is 24.6 Å². The van der Waals surface area contributed by atoms with Gasteiger partial charge in [0.15, 0.2) is 8.32 Å². The molecule has 5 aromatic carbocycles. The summed E-state index contributed by atoms with van der Waals surface area (Å²) in [5.74, 6) is -0.986. The molecule has 3 N–H and O–H groups in total. The number of sulfonamides is 1. The van der Waals surface area contributed by atoms with Gasteiger partial charge in [-0.05, 0) is 140 Å². The number of carbonyl (C=O) groups is 1. The molecular weight excluding hydrogens is 1030 g/mol. The highest BCUT2D eigenvalue weighted by Crippen LogP contribution is 2.40. The van der Waals surface area contributed by atoms with Gasteiger partial charge in [0.1, 0.15) is 4.90 Å². The fraction of sp³-hybridized carbons (Fsp3) is 0.404. The van der Waals surface area contributed by atoms with Gasteiger partial charge in [-0.3, -0.25) is 4.79 Å². The maximum atomic E-state index is 14.3. The lowest BCUT2D eigenvalue weighted by molar-refractivity contribution is -0.137. The standard InChI is InChI=1S/C52H62F6N4O7S3Si/c1-50(2,3)73(5,6)69-33-32-61(4)29-28-40(35-70-42-12-8-7-9-13-42)59-46-25-24-43(34-47(46)71(65,66)52(56,57)58)72(67,68)60-49(64)38-18-22-41(23-19-38)62-30-26-37(27-31-62)48(63)45-15-11-10-14-44(45)36-16-20-39(21-17-36)51(53,54)55/h7-25,34,37,40,48,59,63H,26-33,35H2,1-6H3,(H,60,64)/t40-,48-/m1/s1. The van der Waals surface area contributed by atoms with Crippen LogP contribution in [-0.4, -0.2) is 98.2 Å². The number of benzene rings is 5. The molecule has 1 aliphatic heterocycles. The molecule has 21 heteroatoms. The first-order chi connectivity index (χ1) is 34.1. The van der Waals surface area contributed by atoms with Crippen molar-refractivity contribution in [3.05, 3.63) is 138 Å². The number of anilines is 2. The zero-order chi connectivity index (χ0) is 53.6. The Hall–Kier alpha value is -4.90. The van der Waals surface area contributed by atoms with Gasteiger partial charge in [0.2, 0.25) is 0 Å². The highest BCUT2D eigenvalue weighted by Gasteiger charge is 2.48. The Morgan fingerprint density at radius 3 is 2.05 bits per heavy atom. The van der Waals surface area contributed by atoms with Crippen LogP contribution in [0, 0.1) is 5.92 Å². The van der Waals surface area contributed by atoms with Gasteiger partial charge in [0.05, 0.1) is 22.3 Å². The molecule has 11 nitrogen and oxygen atoms in total. The number of piperidine rings is 1. The number of hydrogen-bond donors (Lipinski definition) is 3. The van der Waals surface area contributed by atoms with E-state index in [0.717, 1.165) is 29.2 Å². The summed E-state index contributed by atoms with van der Waals surface area (Å²) in [5.41, 5.74) is -4.70. The smallest absolute Gasteiger partial charge is 0.416 e. The SMILES string of the molecule is CN(CCO[Si](C)(C)C(C)(C)C)CC[C@H](CSc1ccccc1)Nc1ccc(S(=O)(=O)NC(=O)c2ccc(N3CCC([C@@H](O)c4ccccc4-c4ccc(C(F)(F)F)cc4)CC3)cc2)cc1S(=O)(=O)C(F)(F)F. The third kappa shape index (κ3) is 14.7. The average Bonchev–Trinajstić information content (AvgIpc) is 3.34. The van der Waals surface area contributed by atoms with E-state index in [1.54, 1.807) is 36.4 Å². The lowest BCUT2D eigenvalue weighted by atomic mass is 9.84. The van der Waals surface area contributed by atoms with Gasteiger partial charge >= 0.3 is 11.7 Å². The summed E-state index contributed by atoms with van der Waals surface area (Å²) in [4.78, 5) is 16.1. The van der Waals surface area contributed by atoms with Crippen molar-refractivity contribution in [2.75, 3.05) is 55.8 Å². The minimum absolute atomic E-state index is 0.0120. The first-order valence-electron chi connectivity index (χ1n) is 23.7. The van der Waals surface area contributed by atoms with E-state index in [1.165, 1.54) is 36.0 Å².